The fourth-order valence-corrected chi connectivity index (χ4v) is 3.32. The summed E-state index contributed by atoms with van der Waals surface area (Å²) >= 11 is 6.03. The Balaban J connectivity index is 1.85. The van der Waals surface area contributed by atoms with Crippen LogP contribution in [0.5, 0.6) is 11.6 Å². The zero-order chi connectivity index (χ0) is 18.7. The van der Waals surface area contributed by atoms with Gasteiger partial charge in [-0.25, -0.2) is 4.98 Å². The third kappa shape index (κ3) is 3.92. The highest BCUT2D eigenvalue weighted by Gasteiger charge is 2.36. The van der Waals surface area contributed by atoms with E-state index in [1.165, 1.54) is 7.11 Å². The van der Waals surface area contributed by atoms with Gasteiger partial charge >= 0.3 is 0 Å². The van der Waals surface area contributed by atoms with Gasteiger partial charge in [0.25, 0.3) is 5.91 Å². The minimum Gasteiger partial charge on any atom is -0.496 e. The van der Waals surface area contributed by atoms with Crippen molar-refractivity contribution in [2.45, 2.75) is 25.0 Å². The molecule has 26 heavy (non-hydrogen) atoms. The van der Waals surface area contributed by atoms with Crippen molar-refractivity contribution in [2.24, 2.45) is 5.92 Å². The van der Waals surface area contributed by atoms with E-state index in [2.05, 4.69) is 10.3 Å². The summed E-state index contributed by atoms with van der Waals surface area (Å²) in [6.07, 6.45) is 2.61. The average Bonchev–Trinajstić information content (AvgIpc) is 2.63. The summed E-state index contributed by atoms with van der Waals surface area (Å²) in [5.74, 6) is 0.803. The normalized spacial score (nSPS) is 20.0. The van der Waals surface area contributed by atoms with Crippen molar-refractivity contribution in [1.29, 1.82) is 0 Å². The number of aromatic nitrogens is 1. The Morgan fingerprint density at radius 3 is 2.62 bits per heavy atom. The number of ether oxygens (including phenoxy) is 2. The third-order valence-electron chi connectivity index (χ3n) is 4.64. The van der Waals surface area contributed by atoms with Crippen LogP contribution in [0, 0.1) is 5.92 Å². The molecule has 2 aromatic rings. The summed E-state index contributed by atoms with van der Waals surface area (Å²) in [7, 11) is 3.06. The molecule has 138 valence electrons. The van der Waals surface area contributed by atoms with E-state index < -0.39 is 0 Å². The standard InChI is InChI=1S/C19H21ClN2O4/c1-25-16-5-4-13(20)9-15(16)19(24)22-18(12-7-14(23)8-12)11-3-6-17(26-2)21-10-11/h3-6,9-10,12,14,18,23H,7-8H2,1-2H3,(H,22,24)/t12?,14?,18-/m1/s1. The number of benzene rings is 1. The number of methoxy groups -OCH3 is 2. The Morgan fingerprint density at radius 1 is 1.27 bits per heavy atom. The summed E-state index contributed by atoms with van der Waals surface area (Å²) in [5, 5.41) is 13.2. The molecule has 1 aromatic heterocycles. The van der Waals surface area contributed by atoms with Gasteiger partial charge in [0.05, 0.1) is 31.9 Å². The number of carbonyl (C=O) groups excluding carboxylic acids is 1. The van der Waals surface area contributed by atoms with Crippen molar-refractivity contribution in [3.63, 3.8) is 0 Å². The number of pyridine rings is 1. The number of nitrogens with zero attached hydrogens (tertiary/aromatic N) is 1. The van der Waals surface area contributed by atoms with Gasteiger partial charge in [-0.05, 0) is 42.5 Å². The number of amides is 1. The molecule has 1 atom stereocenters. The lowest BCUT2D eigenvalue weighted by Gasteiger charge is -2.38. The van der Waals surface area contributed by atoms with Crippen LogP contribution in [0.3, 0.4) is 0 Å². The Morgan fingerprint density at radius 2 is 2.04 bits per heavy atom. The van der Waals surface area contributed by atoms with Crippen LogP contribution in [0.1, 0.15) is 34.8 Å². The molecule has 2 N–H and O–H groups in total. The van der Waals surface area contributed by atoms with Crippen LogP contribution in [0.2, 0.25) is 5.02 Å². The van der Waals surface area contributed by atoms with Gasteiger partial charge < -0.3 is 19.9 Å². The number of aliphatic hydroxyl groups is 1. The second-order valence-corrected chi connectivity index (χ2v) is 6.75. The number of rotatable bonds is 6. The predicted octanol–water partition coefficient (Wildman–Crippen LogP) is 2.99. The highest BCUT2D eigenvalue weighted by Crippen LogP contribution is 2.38. The molecular weight excluding hydrogens is 356 g/mol. The molecule has 7 heteroatoms. The van der Waals surface area contributed by atoms with Gasteiger partial charge in [-0.15, -0.1) is 0 Å². The topological polar surface area (TPSA) is 80.7 Å². The Hall–Kier alpha value is -2.31. The highest BCUT2D eigenvalue weighted by atomic mass is 35.5. The molecule has 1 fully saturated rings. The molecule has 0 saturated heterocycles. The van der Waals surface area contributed by atoms with E-state index in [0.717, 1.165) is 5.56 Å². The molecule has 1 heterocycles. The zero-order valence-electron chi connectivity index (χ0n) is 14.6. The number of nitrogens with one attached hydrogen (secondary N) is 1. The lowest BCUT2D eigenvalue weighted by Crippen LogP contribution is -2.41. The lowest BCUT2D eigenvalue weighted by molar-refractivity contribution is 0.0234. The molecule has 0 aliphatic heterocycles. The van der Waals surface area contributed by atoms with Crippen LogP contribution in [0.15, 0.2) is 36.5 Å². The molecule has 6 nitrogen and oxygen atoms in total. The van der Waals surface area contributed by atoms with E-state index in [4.69, 9.17) is 21.1 Å². The molecule has 1 aliphatic rings. The first-order valence-electron chi connectivity index (χ1n) is 8.34. The average molecular weight is 377 g/mol. The van der Waals surface area contributed by atoms with Gasteiger partial charge in [0.1, 0.15) is 5.75 Å². The van der Waals surface area contributed by atoms with Gasteiger partial charge in [0.2, 0.25) is 5.88 Å². The van der Waals surface area contributed by atoms with Crippen molar-refractivity contribution in [1.82, 2.24) is 10.3 Å². The van der Waals surface area contributed by atoms with Crippen LogP contribution in [0.4, 0.5) is 0 Å². The predicted molar refractivity (Wildman–Crippen MR) is 97.7 cm³/mol. The lowest BCUT2D eigenvalue weighted by atomic mass is 9.75. The smallest absolute Gasteiger partial charge is 0.255 e. The van der Waals surface area contributed by atoms with Crippen LogP contribution in [-0.2, 0) is 0 Å². The molecule has 1 aromatic carbocycles. The minimum atomic E-state index is -0.327. The van der Waals surface area contributed by atoms with Crippen molar-refractivity contribution in [3.8, 4) is 11.6 Å². The highest BCUT2D eigenvalue weighted by molar-refractivity contribution is 6.31. The summed E-state index contributed by atoms with van der Waals surface area (Å²) < 4.78 is 10.4. The molecule has 3 rings (SSSR count). The quantitative estimate of drug-likeness (QED) is 0.810. The van der Waals surface area contributed by atoms with E-state index >= 15 is 0 Å². The van der Waals surface area contributed by atoms with Gasteiger partial charge in [-0.1, -0.05) is 17.7 Å². The number of carbonyl (C=O) groups is 1. The van der Waals surface area contributed by atoms with Crippen LogP contribution < -0.4 is 14.8 Å². The molecule has 1 aliphatic carbocycles. The second-order valence-electron chi connectivity index (χ2n) is 6.31. The van der Waals surface area contributed by atoms with Gasteiger partial charge in [0, 0.05) is 17.3 Å². The molecule has 0 radical (unpaired) electrons. The van der Waals surface area contributed by atoms with Gasteiger partial charge in [0.15, 0.2) is 0 Å². The summed E-state index contributed by atoms with van der Waals surface area (Å²) in [5.41, 5.74) is 1.23. The van der Waals surface area contributed by atoms with Crippen LogP contribution in [0.25, 0.3) is 0 Å². The molecule has 1 saturated carbocycles. The Kier molecular flexibility index (Phi) is 5.64. The SMILES string of the molecule is COc1ccc([C@@H](NC(=O)c2cc(Cl)ccc2OC)C2CC(O)C2)cn1. The molecule has 0 bridgehead atoms. The Labute approximate surface area is 157 Å². The fraction of sp³-hybridized carbons (Fsp3) is 0.368. The van der Waals surface area contributed by atoms with Crippen LogP contribution >= 0.6 is 11.6 Å². The van der Waals surface area contributed by atoms with E-state index in [-0.39, 0.29) is 24.0 Å². The number of aliphatic hydroxyl groups excluding tert-OH is 1. The molecular formula is C19H21ClN2O4. The summed E-state index contributed by atoms with van der Waals surface area (Å²) in [4.78, 5) is 17.1. The molecule has 0 unspecified atom stereocenters. The summed E-state index contributed by atoms with van der Waals surface area (Å²) in [6.45, 7) is 0. The first-order valence-corrected chi connectivity index (χ1v) is 8.72. The van der Waals surface area contributed by atoms with E-state index in [9.17, 15) is 9.90 Å². The molecule has 1 amide bonds. The number of halogens is 1. The van der Waals surface area contributed by atoms with Crippen molar-refractivity contribution >= 4 is 17.5 Å². The third-order valence-corrected chi connectivity index (χ3v) is 4.88. The Bertz CT molecular complexity index is 776. The number of hydrogen-bond donors (Lipinski definition) is 2. The van der Waals surface area contributed by atoms with E-state index in [1.807, 2.05) is 6.07 Å². The van der Waals surface area contributed by atoms with Gasteiger partial charge in [-0.3, -0.25) is 4.79 Å². The van der Waals surface area contributed by atoms with Crippen molar-refractivity contribution in [2.75, 3.05) is 14.2 Å². The van der Waals surface area contributed by atoms with Crippen molar-refractivity contribution < 1.29 is 19.4 Å². The zero-order valence-corrected chi connectivity index (χ0v) is 15.4. The second kappa shape index (κ2) is 7.93. The minimum absolute atomic E-state index is 0.134. The largest absolute Gasteiger partial charge is 0.496 e. The maximum Gasteiger partial charge on any atom is 0.255 e. The van der Waals surface area contributed by atoms with Crippen LogP contribution in [-0.4, -0.2) is 36.3 Å². The monoisotopic (exact) mass is 376 g/mol. The van der Waals surface area contributed by atoms with Crippen molar-refractivity contribution in [3.05, 3.63) is 52.7 Å². The maximum absolute atomic E-state index is 12.9. The molecule has 0 spiro atoms. The van der Waals surface area contributed by atoms with Gasteiger partial charge in [-0.2, -0.15) is 0 Å². The number of hydrogen-bond acceptors (Lipinski definition) is 5. The van der Waals surface area contributed by atoms with E-state index in [0.29, 0.717) is 35.1 Å². The first-order chi connectivity index (χ1) is 12.5. The first kappa shape index (κ1) is 18.5. The fourth-order valence-electron chi connectivity index (χ4n) is 3.15. The maximum atomic E-state index is 12.9. The van der Waals surface area contributed by atoms with E-state index in [1.54, 1.807) is 37.6 Å². The summed E-state index contributed by atoms with van der Waals surface area (Å²) in [6, 6.07) is 8.26.